The van der Waals surface area contributed by atoms with E-state index in [1.807, 2.05) is 6.92 Å². The van der Waals surface area contributed by atoms with Gasteiger partial charge in [0.05, 0.1) is 7.11 Å². The van der Waals surface area contributed by atoms with Crippen LogP contribution in [0.25, 0.3) is 0 Å². The molecule has 0 saturated carbocycles. The maximum absolute atomic E-state index is 11.3. The fraction of sp³-hybridized carbons (Fsp3) is 0.778. The molecule has 0 radical (unpaired) electrons. The Morgan fingerprint density at radius 3 is 2.69 bits per heavy atom. The molecule has 0 aromatic carbocycles. The molecule has 2 rings (SSSR count). The van der Waals surface area contributed by atoms with Gasteiger partial charge in [0.1, 0.15) is 5.84 Å². The van der Waals surface area contributed by atoms with Gasteiger partial charge in [0, 0.05) is 13.1 Å². The summed E-state index contributed by atoms with van der Waals surface area (Å²) in [6, 6.07) is 0. The van der Waals surface area contributed by atoms with Crippen molar-refractivity contribution in [2.75, 3.05) is 20.2 Å². The highest BCUT2D eigenvalue weighted by Crippen LogP contribution is 2.32. The third-order valence-electron chi connectivity index (χ3n) is 2.70. The Hall–Kier alpha value is -1.06. The molecule has 72 valence electrons. The molecule has 0 N–H and O–H groups in total. The van der Waals surface area contributed by atoms with Crippen molar-refractivity contribution in [3.05, 3.63) is 0 Å². The lowest BCUT2D eigenvalue weighted by atomic mass is 10.1. The van der Waals surface area contributed by atoms with Crippen LogP contribution in [0.4, 0.5) is 0 Å². The molecule has 1 saturated heterocycles. The van der Waals surface area contributed by atoms with Gasteiger partial charge in [0.15, 0.2) is 0 Å². The maximum Gasteiger partial charge on any atom is 0.341 e. The number of nitrogens with zero attached hydrogens (tertiary/aromatic N) is 2. The first kappa shape index (κ1) is 8.53. The molecule has 2 heterocycles. The number of hydrogen-bond acceptors (Lipinski definition) is 4. The molecule has 0 aromatic rings. The molecule has 1 unspecified atom stereocenters. The zero-order chi connectivity index (χ0) is 9.47. The number of carbonyl (C=O) groups is 1. The monoisotopic (exact) mass is 182 g/mol. The molecular weight excluding hydrogens is 168 g/mol. The number of esters is 1. The SMILES string of the molecule is COC(=O)C1(C)N=C1N1CCCC1. The fourth-order valence-corrected chi connectivity index (χ4v) is 1.83. The van der Waals surface area contributed by atoms with E-state index in [1.54, 1.807) is 0 Å². The van der Waals surface area contributed by atoms with E-state index in [4.69, 9.17) is 0 Å². The van der Waals surface area contributed by atoms with E-state index in [-0.39, 0.29) is 5.97 Å². The normalized spacial score (nSPS) is 31.5. The molecule has 2 aliphatic heterocycles. The van der Waals surface area contributed by atoms with Gasteiger partial charge in [-0.05, 0) is 19.8 Å². The zero-order valence-corrected chi connectivity index (χ0v) is 8.04. The van der Waals surface area contributed by atoms with Crippen molar-refractivity contribution >= 4 is 11.8 Å². The Balaban J connectivity index is 1.99. The zero-order valence-electron chi connectivity index (χ0n) is 8.04. The predicted molar refractivity (Wildman–Crippen MR) is 48.7 cm³/mol. The van der Waals surface area contributed by atoms with Crippen LogP contribution in [0.2, 0.25) is 0 Å². The molecule has 0 spiro atoms. The van der Waals surface area contributed by atoms with Crippen LogP contribution in [0.1, 0.15) is 19.8 Å². The first-order valence-electron chi connectivity index (χ1n) is 4.62. The summed E-state index contributed by atoms with van der Waals surface area (Å²) in [6.45, 7) is 3.88. The minimum Gasteiger partial charge on any atom is -0.467 e. The lowest BCUT2D eigenvalue weighted by Crippen LogP contribution is -2.36. The summed E-state index contributed by atoms with van der Waals surface area (Å²) in [5.74, 6) is 0.672. The summed E-state index contributed by atoms with van der Waals surface area (Å²) >= 11 is 0. The minimum atomic E-state index is -0.654. The Bertz CT molecular complexity index is 269. The van der Waals surface area contributed by atoms with Crippen LogP contribution < -0.4 is 0 Å². The van der Waals surface area contributed by atoms with E-state index >= 15 is 0 Å². The molecule has 0 aromatic heterocycles. The smallest absolute Gasteiger partial charge is 0.341 e. The van der Waals surface area contributed by atoms with E-state index in [1.165, 1.54) is 20.0 Å². The van der Waals surface area contributed by atoms with Gasteiger partial charge in [-0.25, -0.2) is 9.79 Å². The molecule has 4 nitrogen and oxygen atoms in total. The quantitative estimate of drug-likeness (QED) is 0.552. The van der Waals surface area contributed by atoms with Crippen molar-refractivity contribution < 1.29 is 9.53 Å². The number of methoxy groups -OCH3 is 1. The van der Waals surface area contributed by atoms with E-state index in [9.17, 15) is 4.79 Å². The van der Waals surface area contributed by atoms with Gasteiger partial charge >= 0.3 is 5.97 Å². The lowest BCUT2D eigenvalue weighted by molar-refractivity contribution is -0.142. The number of carbonyl (C=O) groups excluding carboxylic acids is 1. The van der Waals surface area contributed by atoms with Crippen LogP contribution >= 0.6 is 0 Å². The summed E-state index contributed by atoms with van der Waals surface area (Å²) < 4.78 is 4.69. The van der Waals surface area contributed by atoms with Crippen LogP contribution in [0, 0.1) is 0 Å². The van der Waals surface area contributed by atoms with Crippen molar-refractivity contribution in [2.24, 2.45) is 4.99 Å². The van der Waals surface area contributed by atoms with Crippen LogP contribution in [0.15, 0.2) is 4.99 Å². The second-order valence-corrected chi connectivity index (χ2v) is 3.69. The second-order valence-electron chi connectivity index (χ2n) is 3.69. The highest BCUT2D eigenvalue weighted by molar-refractivity contribution is 6.19. The predicted octanol–water partition coefficient (Wildman–Crippen LogP) is 0.426. The summed E-state index contributed by atoms with van der Waals surface area (Å²) in [4.78, 5) is 17.7. The largest absolute Gasteiger partial charge is 0.467 e. The minimum absolute atomic E-state index is 0.241. The van der Waals surface area contributed by atoms with Crippen molar-refractivity contribution in [1.82, 2.24) is 4.90 Å². The molecule has 13 heavy (non-hydrogen) atoms. The Morgan fingerprint density at radius 1 is 1.54 bits per heavy atom. The average molecular weight is 182 g/mol. The number of amidine groups is 1. The Kier molecular flexibility index (Phi) is 1.78. The van der Waals surface area contributed by atoms with Gasteiger partial charge in [0.25, 0.3) is 0 Å². The lowest BCUT2D eigenvalue weighted by Gasteiger charge is -2.15. The number of hydrogen-bond donors (Lipinski definition) is 0. The van der Waals surface area contributed by atoms with E-state index in [0.29, 0.717) is 0 Å². The molecule has 1 fully saturated rings. The van der Waals surface area contributed by atoms with Crippen LogP contribution in [0.3, 0.4) is 0 Å². The van der Waals surface area contributed by atoms with Crippen LogP contribution in [-0.4, -0.2) is 42.4 Å². The first-order chi connectivity index (χ1) is 6.18. The van der Waals surface area contributed by atoms with E-state index < -0.39 is 5.54 Å². The second kappa shape index (κ2) is 2.72. The molecule has 0 bridgehead atoms. The summed E-state index contributed by atoms with van der Waals surface area (Å²) in [5, 5.41) is 0. The average Bonchev–Trinajstić information content (AvgIpc) is 2.65. The summed E-state index contributed by atoms with van der Waals surface area (Å²) in [6.07, 6.45) is 2.41. The van der Waals surface area contributed by atoms with E-state index in [2.05, 4.69) is 14.6 Å². The van der Waals surface area contributed by atoms with Crippen molar-refractivity contribution in [3.63, 3.8) is 0 Å². The Labute approximate surface area is 77.6 Å². The molecule has 2 aliphatic rings. The maximum atomic E-state index is 11.3. The van der Waals surface area contributed by atoms with Gasteiger partial charge in [-0.1, -0.05) is 0 Å². The summed E-state index contributed by atoms with van der Waals surface area (Å²) in [5.41, 5.74) is -0.654. The van der Waals surface area contributed by atoms with E-state index in [0.717, 1.165) is 18.9 Å². The van der Waals surface area contributed by atoms with Gasteiger partial charge in [-0.3, -0.25) is 0 Å². The molecule has 0 aliphatic carbocycles. The third kappa shape index (κ3) is 1.20. The molecular formula is C9H14N2O2. The number of likely N-dealkylation sites (tertiary alicyclic amines) is 1. The molecule has 4 heteroatoms. The van der Waals surface area contributed by atoms with Gasteiger partial charge in [-0.2, -0.15) is 0 Å². The topological polar surface area (TPSA) is 41.9 Å². The van der Waals surface area contributed by atoms with Crippen LogP contribution in [-0.2, 0) is 9.53 Å². The van der Waals surface area contributed by atoms with Crippen molar-refractivity contribution in [3.8, 4) is 0 Å². The van der Waals surface area contributed by atoms with Gasteiger partial charge in [-0.15, -0.1) is 0 Å². The highest BCUT2D eigenvalue weighted by atomic mass is 16.5. The highest BCUT2D eigenvalue weighted by Gasteiger charge is 2.54. The molecule has 0 amide bonds. The fourth-order valence-electron chi connectivity index (χ4n) is 1.83. The number of aliphatic imine (C=N–C) groups is 1. The summed E-state index contributed by atoms with van der Waals surface area (Å²) in [7, 11) is 1.41. The Morgan fingerprint density at radius 2 is 2.15 bits per heavy atom. The first-order valence-corrected chi connectivity index (χ1v) is 4.62. The number of ether oxygens (including phenoxy) is 1. The van der Waals surface area contributed by atoms with Crippen LogP contribution in [0.5, 0.6) is 0 Å². The van der Waals surface area contributed by atoms with Crippen molar-refractivity contribution in [1.29, 1.82) is 0 Å². The standard InChI is InChI=1S/C9H14N2O2/c1-9(8(12)13-2)7(10-9)11-5-3-4-6-11/h3-6H2,1-2H3. The van der Waals surface area contributed by atoms with Gasteiger partial charge in [0.2, 0.25) is 5.54 Å². The van der Waals surface area contributed by atoms with Gasteiger partial charge < -0.3 is 9.64 Å². The number of rotatable bonds is 1. The third-order valence-corrected chi connectivity index (χ3v) is 2.70. The van der Waals surface area contributed by atoms with Crippen molar-refractivity contribution in [2.45, 2.75) is 25.3 Å². The molecule has 1 atom stereocenters.